The standard InChI is InChI=1S/C26H37ClN2O5/c1-16(12-20-8-6-7-11-28-20)21-10-9-19(27)15-34-14-17(2)24(32)18(3)25(33)26(4,5)22(30)13-23(31)29-21/h6-9,11-12,17-18,21-22,24,30,32H,10,13-15H2,1-5H3,(H,29,31)/b16-12+,19-9+/t17-,18+,21-,22-,24-/m0/s1. The first-order valence-corrected chi connectivity index (χ1v) is 12.0. The minimum atomic E-state index is -1.22. The molecule has 34 heavy (non-hydrogen) atoms. The number of ether oxygens (including phenoxy) is 1. The number of ketones is 1. The van der Waals surface area contributed by atoms with Gasteiger partial charge in [-0.15, -0.1) is 0 Å². The van der Waals surface area contributed by atoms with Crippen molar-refractivity contribution in [1.29, 1.82) is 0 Å². The Labute approximate surface area is 207 Å². The van der Waals surface area contributed by atoms with Gasteiger partial charge in [0.2, 0.25) is 5.91 Å². The van der Waals surface area contributed by atoms with E-state index in [1.54, 1.807) is 40.0 Å². The molecule has 1 aliphatic rings. The highest BCUT2D eigenvalue weighted by atomic mass is 35.5. The third-order valence-electron chi connectivity index (χ3n) is 6.50. The van der Waals surface area contributed by atoms with Gasteiger partial charge in [0.05, 0.1) is 49.0 Å². The van der Waals surface area contributed by atoms with Gasteiger partial charge in [0.1, 0.15) is 5.78 Å². The highest BCUT2D eigenvalue weighted by Crippen LogP contribution is 2.31. The molecule has 7 nitrogen and oxygen atoms in total. The molecule has 0 aromatic carbocycles. The lowest BCUT2D eigenvalue weighted by atomic mass is 9.73. The Balaban J connectivity index is 2.33. The molecule has 2 heterocycles. The average Bonchev–Trinajstić information content (AvgIpc) is 2.79. The number of aliphatic hydroxyl groups excluding tert-OH is 2. The van der Waals surface area contributed by atoms with Gasteiger partial charge < -0.3 is 20.3 Å². The molecule has 1 aromatic heterocycles. The van der Waals surface area contributed by atoms with E-state index >= 15 is 0 Å². The molecule has 0 aliphatic carbocycles. The number of pyridine rings is 1. The fourth-order valence-corrected chi connectivity index (χ4v) is 4.15. The van der Waals surface area contributed by atoms with Crippen LogP contribution in [-0.2, 0) is 14.3 Å². The van der Waals surface area contributed by atoms with E-state index in [9.17, 15) is 19.8 Å². The maximum Gasteiger partial charge on any atom is 0.223 e. The predicted molar refractivity (Wildman–Crippen MR) is 133 cm³/mol. The number of carbonyl (C=O) groups is 2. The molecule has 3 N–H and O–H groups in total. The first-order valence-electron chi connectivity index (χ1n) is 11.6. The van der Waals surface area contributed by atoms with Crippen molar-refractivity contribution in [3.05, 3.63) is 46.8 Å². The van der Waals surface area contributed by atoms with Gasteiger partial charge in [0, 0.05) is 23.1 Å². The van der Waals surface area contributed by atoms with Crippen LogP contribution in [0.1, 0.15) is 53.2 Å². The molecule has 0 saturated heterocycles. The molecule has 188 valence electrons. The quantitative estimate of drug-likeness (QED) is 0.583. The number of aromatic nitrogens is 1. The maximum atomic E-state index is 13.1. The van der Waals surface area contributed by atoms with Gasteiger partial charge in [0.25, 0.3) is 0 Å². The van der Waals surface area contributed by atoms with Crippen LogP contribution in [-0.4, -0.2) is 58.4 Å². The molecule has 1 amide bonds. The SMILES string of the molecule is C/C(=C\c1ccccn1)[C@@H]1C/C=C(/Cl)COC[C@H](C)[C@H](O)[C@@H](C)C(=O)C(C)(C)[C@@H](O)CC(=O)N1. The second-order valence-corrected chi connectivity index (χ2v) is 10.2. The summed E-state index contributed by atoms with van der Waals surface area (Å²) in [6.07, 6.45) is 3.38. The van der Waals surface area contributed by atoms with Crippen molar-refractivity contribution in [2.45, 2.75) is 65.7 Å². The van der Waals surface area contributed by atoms with Gasteiger partial charge in [-0.3, -0.25) is 14.6 Å². The van der Waals surface area contributed by atoms with Crippen molar-refractivity contribution in [2.75, 3.05) is 13.2 Å². The van der Waals surface area contributed by atoms with Crippen LogP contribution in [0.5, 0.6) is 0 Å². The fraction of sp³-hybridized carbons (Fsp3) is 0.577. The van der Waals surface area contributed by atoms with Crippen molar-refractivity contribution >= 4 is 29.4 Å². The molecule has 0 fully saturated rings. The predicted octanol–water partition coefficient (Wildman–Crippen LogP) is 3.49. The van der Waals surface area contributed by atoms with Gasteiger partial charge in [-0.2, -0.15) is 0 Å². The first kappa shape index (κ1) is 28.2. The van der Waals surface area contributed by atoms with Crippen molar-refractivity contribution in [3.8, 4) is 0 Å². The molecular weight excluding hydrogens is 456 g/mol. The van der Waals surface area contributed by atoms with Crippen molar-refractivity contribution in [3.63, 3.8) is 0 Å². The maximum absolute atomic E-state index is 13.1. The smallest absolute Gasteiger partial charge is 0.223 e. The van der Waals surface area contributed by atoms with Gasteiger partial charge in [-0.25, -0.2) is 0 Å². The Bertz CT molecular complexity index is 900. The minimum absolute atomic E-state index is 0.162. The van der Waals surface area contributed by atoms with E-state index in [-0.39, 0.29) is 43.3 Å². The van der Waals surface area contributed by atoms with E-state index in [1.807, 2.05) is 31.2 Å². The lowest BCUT2D eigenvalue weighted by Crippen LogP contribution is -2.47. The fourth-order valence-electron chi connectivity index (χ4n) is 3.98. The average molecular weight is 493 g/mol. The van der Waals surface area contributed by atoms with Crippen LogP contribution >= 0.6 is 11.6 Å². The van der Waals surface area contributed by atoms with Gasteiger partial charge in [-0.05, 0) is 37.1 Å². The number of hydrogen-bond acceptors (Lipinski definition) is 6. The molecule has 0 spiro atoms. The number of hydrogen-bond donors (Lipinski definition) is 3. The third kappa shape index (κ3) is 7.73. The summed E-state index contributed by atoms with van der Waals surface area (Å²) in [6, 6.07) is 5.19. The second-order valence-electron chi connectivity index (χ2n) is 9.73. The zero-order valence-electron chi connectivity index (χ0n) is 20.6. The number of carbonyl (C=O) groups excluding carboxylic acids is 2. The summed E-state index contributed by atoms with van der Waals surface area (Å²) in [5.74, 6) is -1.74. The Morgan fingerprint density at radius 2 is 1.97 bits per heavy atom. The van der Waals surface area contributed by atoms with Crippen LogP contribution in [0.25, 0.3) is 6.08 Å². The summed E-state index contributed by atoms with van der Waals surface area (Å²) in [4.78, 5) is 30.3. The van der Waals surface area contributed by atoms with Gasteiger partial charge in [-0.1, -0.05) is 51.4 Å². The topological polar surface area (TPSA) is 109 Å². The van der Waals surface area contributed by atoms with Crippen LogP contribution < -0.4 is 5.32 Å². The third-order valence-corrected chi connectivity index (χ3v) is 6.76. The van der Waals surface area contributed by atoms with Crippen LogP contribution in [0.15, 0.2) is 41.1 Å². The van der Waals surface area contributed by atoms with Gasteiger partial charge in [0.15, 0.2) is 0 Å². The number of nitrogens with zero attached hydrogens (tertiary/aromatic N) is 1. The molecular formula is C26H37ClN2O5. The lowest BCUT2D eigenvalue weighted by Gasteiger charge is -2.34. The highest BCUT2D eigenvalue weighted by molar-refractivity contribution is 6.29. The van der Waals surface area contributed by atoms with Crippen molar-refractivity contribution in [1.82, 2.24) is 10.3 Å². The highest BCUT2D eigenvalue weighted by Gasteiger charge is 2.42. The van der Waals surface area contributed by atoms with E-state index < -0.39 is 23.5 Å². The van der Waals surface area contributed by atoms with Crippen LogP contribution in [0, 0.1) is 17.3 Å². The Morgan fingerprint density at radius 1 is 1.26 bits per heavy atom. The molecule has 0 unspecified atom stereocenters. The zero-order chi connectivity index (χ0) is 25.5. The van der Waals surface area contributed by atoms with E-state index in [4.69, 9.17) is 16.3 Å². The van der Waals surface area contributed by atoms with Crippen LogP contribution in [0.4, 0.5) is 0 Å². The van der Waals surface area contributed by atoms with Crippen LogP contribution in [0.2, 0.25) is 0 Å². The normalized spacial score (nSPS) is 31.9. The number of amides is 1. The summed E-state index contributed by atoms with van der Waals surface area (Å²) in [5, 5.41) is 24.9. The Kier molecular flexibility index (Phi) is 10.4. The molecule has 0 bridgehead atoms. The molecule has 0 saturated carbocycles. The number of nitrogens with one attached hydrogen (secondary N) is 1. The summed E-state index contributed by atoms with van der Waals surface area (Å²) >= 11 is 6.34. The Morgan fingerprint density at radius 3 is 2.62 bits per heavy atom. The van der Waals surface area contributed by atoms with E-state index in [0.717, 1.165) is 11.3 Å². The monoisotopic (exact) mass is 492 g/mol. The van der Waals surface area contributed by atoms with Gasteiger partial charge >= 0.3 is 0 Å². The summed E-state index contributed by atoms with van der Waals surface area (Å²) in [5.41, 5.74) is 0.408. The second kappa shape index (κ2) is 12.6. The summed E-state index contributed by atoms with van der Waals surface area (Å²) in [7, 11) is 0. The largest absolute Gasteiger partial charge is 0.392 e. The van der Waals surface area contributed by atoms with Crippen molar-refractivity contribution in [2.24, 2.45) is 17.3 Å². The molecule has 8 heteroatoms. The molecule has 1 aliphatic heterocycles. The van der Waals surface area contributed by atoms with E-state index in [2.05, 4.69) is 10.3 Å². The number of rotatable bonds is 2. The summed E-state index contributed by atoms with van der Waals surface area (Å²) in [6.45, 7) is 8.92. The molecule has 2 rings (SSSR count). The van der Waals surface area contributed by atoms with E-state index in [0.29, 0.717) is 11.5 Å². The lowest BCUT2D eigenvalue weighted by molar-refractivity contribution is -0.143. The molecule has 5 atom stereocenters. The van der Waals surface area contributed by atoms with Crippen molar-refractivity contribution < 1.29 is 24.5 Å². The number of aliphatic hydroxyl groups is 2. The molecule has 1 aromatic rings. The number of Topliss-reactive ketones (excluding diaryl/α,β-unsaturated/α-hetero) is 1. The zero-order valence-corrected chi connectivity index (χ0v) is 21.4. The minimum Gasteiger partial charge on any atom is -0.392 e. The number of halogens is 1. The van der Waals surface area contributed by atoms with E-state index in [1.165, 1.54) is 0 Å². The van der Waals surface area contributed by atoms with Crippen LogP contribution in [0.3, 0.4) is 0 Å². The summed E-state index contributed by atoms with van der Waals surface area (Å²) < 4.78 is 5.67. The Hall–Kier alpha value is -2.06. The molecule has 0 radical (unpaired) electrons. The first-order chi connectivity index (χ1) is 15.9.